The van der Waals surface area contributed by atoms with E-state index in [1.807, 2.05) is 20.8 Å². The van der Waals surface area contributed by atoms with E-state index in [1.54, 1.807) is 6.92 Å². The molecule has 0 bridgehead atoms. The molecule has 1 rings (SSSR count). The molecule has 2 nitrogen and oxygen atoms in total. The molecule has 0 spiro atoms. The third-order valence-electron chi connectivity index (χ3n) is 2.90. The van der Waals surface area contributed by atoms with Gasteiger partial charge in [0, 0.05) is 6.04 Å². The van der Waals surface area contributed by atoms with E-state index in [4.69, 9.17) is 0 Å². The van der Waals surface area contributed by atoms with Gasteiger partial charge in [-0.1, -0.05) is 12.1 Å². The molecule has 0 amide bonds. The van der Waals surface area contributed by atoms with E-state index in [0.717, 1.165) is 6.07 Å². The fourth-order valence-corrected chi connectivity index (χ4v) is 2.49. The second-order valence-corrected chi connectivity index (χ2v) is 7.79. The lowest BCUT2D eigenvalue weighted by atomic mass is 10.0. The molecule has 0 aromatic heterocycles. The highest BCUT2D eigenvalue weighted by atomic mass is 32.2. The van der Waals surface area contributed by atoms with E-state index in [9.17, 15) is 17.4 Å². The van der Waals surface area contributed by atoms with Crippen LogP contribution in [0.3, 0.4) is 0 Å². The summed E-state index contributed by atoms with van der Waals surface area (Å²) in [5.41, 5.74) is 0.226. The summed E-state index contributed by atoms with van der Waals surface area (Å²) in [4.78, 5) is 0. The number of aryl methyl sites for hydroxylation is 1. The Morgan fingerprint density at radius 2 is 1.75 bits per heavy atom. The van der Waals surface area contributed by atoms with Crippen molar-refractivity contribution in [3.63, 3.8) is 0 Å². The number of hydrogen-bond donors (Lipinski definition) is 1. The van der Waals surface area contributed by atoms with Crippen LogP contribution < -0.4 is 4.72 Å². The standard InChI is InChI=1S/C14H20F3NOS/c1-9-8-11(6-7-12(9)14(15,16)17)10(2)18-20(19)13(3,4)5/h6-8,10,18H,1-5H3. The molecule has 0 saturated carbocycles. The van der Waals surface area contributed by atoms with E-state index >= 15 is 0 Å². The van der Waals surface area contributed by atoms with Crippen LogP contribution in [0.25, 0.3) is 0 Å². The predicted octanol–water partition coefficient (Wildman–Crippen LogP) is 4.13. The second kappa shape index (κ2) is 5.85. The van der Waals surface area contributed by atoms with Gasteiger partial charge in [0.15, 0.2) is 0 Å². The molecule has 1 aromatic carbocycles. The first-order chi connectivity index (χ1) is 8.93. The zero-order valence-electron chi connectivity index (χ0n) is 12.3. The van der Waals surface area contributed by atoms with Gasteiger partial charge in [0.05, 0.1) is 21.3 Å². The van der Waals surface area contributed by atoms with Crippen LogP contribution in [0.1, 0.15) is 50.4 Å². The molecule has 20 heavy (non-hydrogen) atoms. The van der Waals surface area contributed by atoms with Gasteiger partial charge in [0.25, 0.3) is 0 Å². The van der Waals surface area contributed by atoms with Crippen molar-refractivity contribution in [3.8, 4) is 0 Å². The summed E-state index contributed by atoms with van der Waals surface area (Å²) in [5.74, 6) is 0. The summed E-state index contributed by atoms with van der Waals surface area (Å²) < 4.78 is 52.5. The highest BCUT2D eigenvalue weighted by molar-refractivity contribution is 7.84. The Morgan fingerprint density at radius 3 is 2.15 bits per heavy atom. The highest BCUT2D eigenvalue weighted by Crippen LogP contribution is 2.33. The smallest absolute Gasteiger partial charge is 0.242 e. The van der Waals surface area contributed by atoms with Crippen LogP contribution in [0.4, 0.5) is 13.2 Å². The molecule has 114 valence electrons. The summed E-state index contributed by atoms with van der Waals surface area (Å²) in [5, 5.41) is 0. The number of benzene rings is 1. The Morgan fingerprint density at radius 1 is 1.20 bits per heavy atom. The van der Waals surface area contributed by atoms with Crippen molar-refractivity contribution in [1.82, 2.24) is 4.72 Å². The van der Waals surface area contributed by atoms with Gasteiger partial charge in [-0.2, -0.15) is 13.2 Å². The Kier molecular flexibility index (Phi) is 5.03. The number of halogens is 3. The normalized spacial score (nSPS) is 16.0. The van der Waals surface area contributed by atoms with Crippen molar-refractivity contribution in [2.45, 2.75) is 51.6 Å². The van der Waals surface area contributed by atoms with E-state index < -0.39 is 27.5 Å². The highest BCUT2D eigenvalue weighted by Gasteiger charge is 2.32. The van der Waals surface area contributed by atoms with E-state index in [2.05, 4.69) is 4.72 Å². The van der Waals surface area contributed by atoms with Crippen molar-refractivity contribution in [2.24, 2.45) is 0 Å². The number of hydrogen-bond acceptors (Lipinski definition) is 1. The van der Waals surface area contributed by atoms with Gasteiger partial charge >= 0.3 is 6.18 Å². The average molecular weight is 307 g/mol. The van der Waals surface area contributed by atoms with Crippen LogP contribution in [0.5, 0.6) is 0 Å². The molecular weight excluding hydrogens is 287 g/mol. The first-order valence-corrected chi connectivity index (χ1v) is 7.43. The van der Waals surface area contributed by atoms with Crippen molar-refractivity contribution >= 4 is 11.0 Å². The molecule has 1 aromatic rings. The minimum absolute atomic E-state index is 0.171. The zero-order valence-corrected chi connectivity index (χ0v) is 13.1. The van der Waals surface area contributed by atoms with E-state index in [0.29, 0.717) is 5.56 Å². The second-order valence-electron chi connectivity index (χ2n) is 5.79. The Labute approximate surface area is 120 Å². The summed E-state index contributed by atoms with van der Waals surface area (Å²) in [6.45, 7) is 8.72. The number of nitrogens with one attached hydrogen (secondary N) is 1. The van der Waals surface area contributed by atoms with Crippen molar-refractivity contribution in [2.75, 3.05) is 0 Å². The maximum atomic E-state index is 12.7. The topological polar surface area (TPSA) is 29.1 Å². The van der Waals surface area contributed by atoms with E-state index in [1.165, 1.54) is 19.1 Å². The third-order valence-corrected chi connectivity index (χ3v) is 4.58. The molecule has 0 aliphatic carbocycles. The maximum absolute atomic E-state index is 12.7. The third kappa shape index (κ3) is 4.31. The molecule has 6 heteroatoms. The van der Waals surface area contributed by atoms with Gasteiger partial charge in [0.2, 0.25) is 0 Å². The van der Waals surface area contributed by atoms with Gasteiger partial charge in [-0.05, 0) is 51.8 Å². The van der Waals surface area contributed by atoms with Crippen LogP contribution in [0.15, 0.2) is 18.2 Å². The molecule has 0 heterocycles. The fourth-order valence-electron chi connectivity index (χ4n) is 1.68. The van der Waals surface area contributed by atoms with Crippen molar-refractivity contribution in [1.29, 1.82) is 0 Å². The van der Waals surface area contributed by atoms with Gasteiger partial charge < -0.3 is 0 Å². The number of alkyl halides is 3. The maximum Gasteiger partial charge on any atom is 0.416 e. The quantitative estimate of drug-likeness (QED) is 0.894. The summed E-state index contributed by atoms with van der Waals surface area (Å²) in [7, 11) is -1.27. The predicted molar refractivity (Wildman–Crippen MR) is 75.6 cm³/mol. The average Bonchev–Trinajstić information content (AvgIpc) is 2.25. The van der Waals surface area contributed by atoms with Crippen LogP contribution >= 0.6 is 0 Å². The first-order valence-electron chi connectivity index (χ1n) is 6.28. The first kappa shape index (κ1) is 17.2. The van der Waals surface area contributed by atoms with Gasteiger partial charge in [0.1, 0.15) is 0 Å². The van der Waals surface area contributed by atoms with Crippen LogP contribution in [-0.4, -0.2) is 8.96 Å². The Hall–Kier alpha value is -0.880. The van der Waals surface area contributed by atoms with Crippen LogP contribution in [-0.2, 0) is 17.2 Å². The molecule has 1 N–H and O–H groups in total. The molecule has 2 atom stereocenters. The van der Waals surface area contributed by atoms with Crippen molar-refractivity contribution < 1.29 is 17.4 Å². The van der Waals surface area contributed by atoms with Gasteiger partial charge in [-0.15, -0.1) is 0 Å². The summed E-state index contributed by atoms with van der Waals surface area (Å²) in [6.07, 6.45) is -4.34. The van der Waals surface area contributed by atoms with Gasteiger partial charge in [-0.3, -0.25) is 0 Å². The number of rotatable bonds is 3. The zero-order chi connectivity index (χ0) is 15.7. The monoisotopic (exact) mass is 307 g/mol. The van der Waals surface area contributed by atoms with Crippen LogP contribution in [0.2, 0.25) is 0 Å². The summed E-state index contributed by atoms with van der Waals surface area (Å²) >= 11 is 0. The Balaban J connectivity index is 2.94. The minimum Gasteiger partial charge on any atom is -0.242 e. The molecule has 0 fully saturated rings. The minimum atomic E-state index is -4.34. The van der Waals surface area contributed by atoms with E-state index in [-0.39, 0.29) is 11.6 Å². The molecule has 0 aliphatic rings. The van der Waals surface area contributed by atoms with Crippen molar-refractivity contribution in [3.05, 3.63) is 34.9 Å². The summed E-state index contributed by atoms with van der Waals surface area (Å²) in [6, 6.07) is 3.70. The lowest BCUT2D eigenvalue weighted by Gasteiger charge is -2.22. The van der Waals surface area contributed by atoms with Gasteiger partial charge in [-0.25, -0.2) is 8.93 Å². The molecule has 0 saturated heterocycles. The Bertz CT molecular complexity index is 506. The lowest BCUT2D eigenvalue weighted by molar-refractivity contribution is -0.138. The van der Waals surface area contributed by atoms with Crippen LogP contribution in [0, 0.1) is 6.92 Å². The molecule has 2 unspecified atom stereocenters. The lowest BCUT2D eigenvalue weighted by Crippen LogP contribution is -2.34. The fraction of sp³-hybridized carbons (Fsp3) is 0.571. The molecule has 0 aliphatic heterocycles. The molecule has 0 radical (unpaired) electrons. The molecular formula is C14H20F3NOS. The SMILES string of the molecule is Cc1cc(C(C)NS(=O)C(C)(C)C)ccc1C(F)(F)F. The largest absolute Gasteiger partial charge is 0.416 e.